The zero-order valence-electron chi connectivity index (χ0n) is 12.5. The molecule has 4 rings (SSSR count). The molecule has 0 spiro atoms. The van der Waals surface area contributed by atoms with Gasteiger partial charge in [-0.25, -0.2) is 9.97 Å². The van der Waals surface area contributed by atoms with Crippen LogP contribution in [0.4, 0.5) is 0 Å². The summed E-state index contributed by atoms with van der Waals surface area (Å²) >= 11 is 6.42. The highest BCUT2D eigenvalue weighted by atomic mass is 35.5. The van der Waals surface area contributed by atoms with Crippen molar-refractivity contribution in [3.8, 4) is 22.5 Å². The fourth-order valence-electron chi connectivity index (χ4n) is 2.83. The summed E-state index contributed by atoms with van der Waals surface area (Å²) in [6.45, 7) is 2.09. The van der Waals surface area contributed by atoms with Crippen molar-refractivity contribution in [3.63, 3.8) is 0 Å². The lowest BCUT2D eigenvalue weighted by atomic mass is 9.97. The number of rotatable bonds is 2. The average molecular weight is 320 g/mol. The predicted molar refractivity (Wildman–Crippen MR) is 94.5 cm³/mol. The molecule has 4 aromatic rings. The molecule has 0 atom stereocenters. The quantitative estimate of drug-likeness (QED) is 0.512. The standard InChI is InChI=1S/C19H14ClN3/c1-12-6-2-3-7-13(12)14-10-11-21-18(20)17(14)19-22-15-8-4-5-9-16(15)23-19/h2-11H,1H3,(H,22,23). The summed E-state index contributed by atoms with van der Waals surface area (Å²) in [6.07, 6.45) is 1.73. The Morgan fingerprint density at radius 1 is 0.913 bits per heavy atom. The summed E-state index contributed by atoms with van der Waals surface area (Å²) in [5, 5.41) is 0.449. The van der Waals surface area contributed by atoms with Crippen molar-refractivity contribution in [2.45, 2.75) is 6.92 Å². The molecule has 0 saturated heterocycles. The number of halogens is 1. The second-order valence-corrected chi connectivity index (χ2v) is 5.80. The molecule has 3 nitrogen and oxygen atoms in total. The Bertz CT molecular complexity index is 971. The lowest BCUT2D eigenvalue weighted by Gasteiger charge is -2.11. The van der Waals surface area contributed by atoms with Crippen LogP contribution in [0.1, 0.15) is 5.56 Å². The molecule has 2 aromatic heterocycles. The molecule has 0 aliphatic heterocycles. The van der Waals surface area contributed by atoms with Crippen LogP contribution in [0.5, 0.6) is 0 Å². The number of aryl methyl sites for hydroxylation is 1. The minimum atomic E-state index is 0.449. The van der Waals surface area contributed by atoms with Crippen LogP contribution < -0.4 is 0 Å². The Morgan fingerprint density at radius 3 is 2.52 bits per heavy atom. The van der Waals surface area contributed by atoms with Crippen molar-refractivity contribution >= 4 is 22.6 Å². The Morgan fingerprint density at radius 2 is 1.70 bits per heavy atom. The summed E-state index contributed by atoms with van der Waals surface area (Å²) in [4.78, 5) is 12.3. The van der Waals surface area contributed by atoms with Crippen molar-refractivity contribution < 1.29 is 0 Å². The molecule has 1 N–H and O–H groups in total. The molecule has 2 heterocycles. The van der Waals surface area contributed by atoms with E-state index in [2.05, 4.69) is 34.0 Å². The zero-order valence-corrected chi connectivity index (χ0v) is 13.3. The van der Waals surface area contributed by atoms with Crippen molar-refractivity contribution in [1.82, 2.24) is 15.0 Å². The monoisotopic (exact) mass is 319 g/mol. The van der Waals surface area contributed by atoms with Crippen molar-refractivity contribution in [3.05, 3.63) is 71.5 Å². The van der Waals surface area contributed by atoms with Crippen molar-refractivity contribution in [2.75, 3.05) is 0 Å². The first-order valence-corrected chi connectivity index (χ1v) is 7.77. The number of aromatic amines is 1. The Labute approximate surface area is 139 Å². The summed E-state index contributed by atoms with van der Waals surface area (Å²) in [5.74, 6) is 0.738. The van der Waals surface area contributed by atoms with E-state index in [-0.39, 0.29) is 0 Å². The molecular weight excluding hydrogens is 306 g/mol. The number of nitrogens with zero attached hydrogens (tertiary/aromatic N) is 2. The summed E-state index contributed by atoms with van der Waals surface area (Å²) in [7, 11) is 0. The van der Waals surface area contributed by atoms with Crippen LogP contribution in [-0.2, 0) is 0 Å². The van der Waals surface area contributed by atoms with Crippen LogP contribution in [0.2, 0.25) is 5.15 Å². The first-order valence-electron chi connectivity index (χ1n) is 7.39. The Balaban J connectivity index is 2.00. The molecule has 0 unspecified atom stereocenters. The predicted octanol–water partition coefficient (Wildman–Crippen LogP) is 5.25. The highest BCUT2D eigenvalue weighted by molar-refractivity contribution is 6.32. The number of para-hydroxylation sites is 2. The number of hydrogen-bond acceptors (Lipinski definition) is 2. The van der Waals surface area contributed by atoms with E-state index in [1.54, 1.807) is 6.20 Å². The van der Waals surface area contributed by atoms with Gasteiger partial charge in [0.1, 0.15) is 11.0 Å². The fourth-order valence-corrected chi connectivity index (χ4v) is 3.08. The van der Waals surface area contributed by atoms with Crippen LogP contribution >= 0.6 is 11.6 Å². The molecule has 2 aromatic carbocycles. The van der Waals surface area contributed by atoms with Gasteiger partial charge in [0.2, 0.25) is 0 Å². The molecule has 0 bridgehead atoms. The number of fused-ring (bicyclic) bond motifs is 1. The number of aromatic nitrogens is 3. The maximum absolute atomic E-state index is 6.42. The van der Waals surface area contributed by atoms with Crippen molar-refractivity contribution in [2.24, 2.45) is 0 Å². The molecule has 0 fully saturated rings. The third-order valence-electron chi connectivity index (χ3n) is 3.97. The third-order valence-corrected chi connectivity index (χ3v) is 4.25. The largest absolute Gasteiger partial charge is 0.338 e. The maximum atomic E-state index is 6.42. The molecule has 0 saturated carbocycles. The number of nitrogens with one attached hydrogen (secondary N) is 1. The molecule has 0 amide bonds. The highest BCUT2D eigenvalue weighted by Crippen LogP contribution is 2.36. The van der Waals surface area contributed by atoms with E-state index in [9.17, 15) is 0 Å². The van der Waals surface area contributed by atoms with Gasteiger partial charge in [0.05, 0.1) is 16.6 Å². The third kappa shape index (κ3) is 2.39. The number of pyridine rings is 1. The molecule has 112 valence electrons. The van der Waals surface area contributed by atoms with Gasteiger partial charge in [-0.05, 0) is 41.8 Å². The number of benzene rings is 2. The minimum absolute atomic E-state index is 0.449. The van der Waals surface area contributed by atoms with Gasteiger partial charge in [0.15, 0.2) is 0 Å². The van der Waals surface area contributed by atoms with Gasteiger partial charge < -0.3 is 4.98 Å². The van der Waals surface area contributed by atoms with E-state index in [0.717, 1.165) is 33.5 Å². The zero-order chi connectivity index (χ0) is 15.8. The Kier molecular flexibility index (Phi) is 3.36. The van der Waals surface area contributed by atoms with Crippen LogP contribution in [0.25, 0.3) is 33.5 Å². The summed E-state index contributed by atoms with van der Waals surface area (Å²) in [5.41, 5.74) is 6.08. The molecule has 0 aliphatic rings. The van der Waals surface area contributed by atoms with E-state index >= 15 is 0 Å². The first-order chi connectivity index (χ1) is 11.2. The number of imidazole rings is 1. The van der Waals surface area contributed by atoms with Gasteiger partial charge in [-0.1, -0.05) is 48.0 Å². The van der Waals surface area contributed by atoms with Crippen LogP contribution in [0.3, 0.4) is 0 Å². The smallest absolute Gasteiger partial charge is 0.142 e. The van der Waals surface area contributed by atoms with Crippen LogP contribution in [0, 0.1) is 6.92 Å². The molecule has 4 heteroatoms. The maximum Gasteiger partial charge on any atom is 0.142 e. The molecule has 0 radical (unpaired) electrons. The van der Waals surface area contributed by atoms with E-state index in [4.69, 9.17) is 11.6 Å². The van der Waals surface area contributed by atoms with Crippen LogP contribution in [0.15, 0.2) is 60.8 Å². The second-order valence-electron chi connectivity index (χ2n) is 5.44. The summed E-state index contributed by atoms with van der Waals surface area (Å²) in [6, 6.07) is 18.2. The highest BCUT2D eigenvalue weighted by Gasteiger charge is 2.16. The normalized spacial score (nSPS) is 11.0. The SMILES string of the molecule is Cc1ccccc1-c1ccnc(Cl)c1-c1nc2ccccc2[nH]1. The second kappa shape index (κ2) is 5.52. The van der Waals surface area contributed by atoms with Gasteiger partial charge in [-0.3, -0.25) is 0 Å². The topological polar surface area (TPSA) is 41.6 Å². The lowest BCUT2D eigenvalue weighted by molar-refractivity contribution is 1.27. The number of hydrogen-bond donors (Lipinski definition) is 1. The minimum Gasteiger partial charge on any atom is -0.338 e. The first kappa shape index (κ1) is 14.0. The lowest BCUT2D eigenvalue weighted by Crippen LogP contribution is -1.92. The van der Waals surface area contributed by atoms with E-state index in [1.165, 1.54) is 5.56 Å². The van der Waals surface area contributed by atoms with Gasteiger partial charge >= 0.3 is 0 Å². The van der Waals surface area contributed by atoms with Crippen LogP contribution in [-0.4, -0.2) is 15.0 Å². The van der Waals surface area contributed by atoms with Crippen molar-refractivity contribution in [1.29, 1.82) is 0 Å². The fraction of sp³-hybridized carbons (Fsp3) is 0.0526. The number of H-pyrrole nitrogens is 1. The Hall–Kier alpha value is -2.65. The molecule has 0 aliphatic carbocycles. The van der Waals surface area contributed by atoms with Gasteiger partial charge in [-0.15, -0.1) is 0 Å². The molecular formula is C19H14ClN3. The summed E-state index contributed by atoms with van der Waals surface area (Å²) < 4.78 is 0. The van der Waals surface area contributed by atoms with E-state index in [1.807, 2.05) is 42.5 Å². The van der Waals surface area contributed by atoms with E-state index < -0.39 is 0 Å². The van der Waals surface area contributed by atoms with Gasteiger partial charge in [0.25, 0.3) is 0 Å². The van der Waals surface area contributed by atoms with E-state index in [0.29, 0.717) is 5.15 Å². The van der Waals surface area contributed by atoms with Gasteiger partial charge in [-0.2, -0.15) is 0 Å². The average Bonchev–Trinajstić information content (AvgIpc) is 2.98. The molecule has 23 heavy (non-hydrogen) atoms. The van der Waals surface area contributed by atoms with Gasteiger partial charge in [0, 0.05) is 6.20 Å².